The molecule has 5 nitrogen and oxygen atoms in total. The van der Waals surface area contributed by atoms with Crippen molar-refractivity contribution in [1.82, 2.24) is 9.80 Å². The van der Waals surface area contributed by atoms with E-state index in [4.69, 9.17) is 11.6 Å². The van der Waals surface area contributed by atoms with Crippen molar-refractivity contribution in [3.8, 4) is 0 Å². The van der Waals surface area contributed by atoms with E-state index in [9.17, 15) is 14.0 Å². The quantitative estimate of drug-likeness (QED) is 0.823. The molecular weight excluding hydrogens is 357 g/mol. The number of anilines is 1. The fourth-order valence-corrected chi connectivity index (χ4v) is 3.95. The fourth-order valence-electron chi connectivity index (χ4n) is 3.77. The minimum absolute atomic E-state index is 0.00173. The first-order valence-corrected chi connectivity index (χ1v) is 9.64. The molecule has 2 heterocycles. The van der Waals surface area contributed by atoms with Crippen molar-refractivity contribution in [3.05, 3.63) is 29.0 Å². The molecule has 1 aromatic rings. The molecule has 26 heavy (non-hydrogen) atoms. The van der Waals surface area contributed by atoms with Crippen LogP contribution in [0.2, 0.25) is 5.02 Å². The molecule has 3 rings (SSSR count). The van der Waals surface area contributed by atoms with E-state index in [2.05, 4.69) is 10.2 Å². The van der Waals surface area contributed by atoms with Crippen molar-refractivity contribution in [2.75, 3.05) is 38.0 Å². The number of benzene rings is 1. The highest BCUT2D eigenvalue weighted by Gasteiger charge is 2.26. The van der Waals surface area contributed by atoms with Crippen LogP contribution in [0.5, 0.6) is 0 Å². The maximum Gasteiger partial charge on any atom is 0.225 e. The maximum atomic E-state index is 13.2. The van der Waals surface area contributed by atoms with E-state index in [-0.39, 0.29) is 16.8 Å². The number of rotatable bonds is 6. The molecule has 0 spiro atoms. The van der Waals surface area contributed by atoms with Crippen LogP contribution in [0.1, 0.15) is 32.1 Å². The summed E-state index contributed by atoms with van der Waals surface area (Å²) in [6, 6.07) is 4.16. The molecule has 1 atom stereocenters. The lowest BCUT2D eigenvalue weighted by atomic mass is 9.97. The average Bonchev–Trinajstić information content (AvgIpc) is 3.02. The number of hydrogen-bond acceptors (Lipinski definition) is 3. The minimum Gasteiger partial charge on any atom is -0.342 e. The number of carbonyl (C=O) groups is 2. The molecule has 0 aromatic heterocycles. The molecule has 2 aliphatic rings. The van der Waals surface area contributed by atoms with Crippen LogP contribution in [-0.4, -0.2) is 54.3 Å². The zero-order valence-corrected chi connectivity index (χ0v) is 15.6. The Morgan fingerprint density at radius 3 is 2.88 bits per heavy atom. The normalized spacial score (nSPS) is 21.2. The third-order valence-electron chi connectivity index (χ3n) is 5.11. The third kappa shape index (κ3) is 5.17. The first kappa shape index (κ1) is 19.1. The monoisotopic (exact) mass is 381 g/mol. The first-order chi connectivity index (χ1) is 12.5. The van der Waals surface area contributed by atoms with Gasteiger partial charge < -0.3 is 15.1 Å². The third-order valence-corrected chi connectivity index (χ3v) is 5.40. The average molecular weight is 382 g/mol. The van der Waals surface area contributed by atoms with Gasteiger partial charge in [-0.1, -0.05) is 11.6 Å². The summed E-state index contributed by atoms with van der Waals surface area (Å²) in [6.07, 6.45) is 4.28. The fraction of sp³-hybridized carbons (Fsp3) is 0.579. The molecule has 2 aliphatic heterocycles. The number of amides is 2. The van der Waals surface area contributed by atoms with Crippen molar-refractivity contribution >= 4 is 29.1 Å². The van der Waals surface area contributed by atoms with E-state index in [0.717, 1.165) is 45.4 Å². The molecule has 7 heteroatoms. The van der Waals surface area contributed by atoms with Crippen molar-refractivity contribution < 1.29 is 14.0 Å². The van der Waals surface area contributed by atoms with Gasteiger partial charge in [0.2, 0.25) is 11.8 Å². The predicted molar refractivity (Wildman–Crippen MR) is 99.6 cm³/mol. The molecule has 0 radical (unpaired) electrons. The SMILES string of the molecule is O=C(CCN1CCC[C@@H](CN2CCCC2=O)C1)Nc1ccc(F)c(Cl)c1. The van der Waals surface area contributed by atoms with Gasteiger partial charge in [-0.25, -0.2) is 4.39 Å². The lowest BCUT2D eigenvalue weighted by Gasteiger charge is -2.34. The van der Waals surface area contributed by atoms with Gasteiger partial charge in [0.25, 0.3) is 0 Å². The Morgan fingerprint density at radius 2 is 2.15 bits per heavy atom. The lowest BCUT2D eigenvalue weighted by molar-refractivity contribution is -0.128. The lowest BCUT2D eigenvalue weighted by Crippen LogP contribution is -2.42. The van der Waals surface area contributed by atoms with Crippen LogP contribution in [0.25, 0.3) is 0 Å². The van der Waals surface area contributed by atoms with Crippen molar-refractivity contribution in [2.24, 2.45) is 5.92 Å². The molecule has 2 amide bonds. The van der Waals surface area contributed by atoms with E-state index in [0.29, 0.717) is 31.0 Å². The smallest absolute Gasteiger partial charge is 0.225 e. The van der Waals surface area contributed by atoms with Gasteiger partial charge in [-0.15, -0.1) is 0 Å². The van der Waals surface area contributed by atoms with Gasteiger partial charge in [0.05, 0.1) is 5.02 Å². The Bertz CT molecular complexity index is 670. The maximum absolute atomic E-state index is 13.2. The Labute approximate surface area is 158 Å². The summed E-state index contributed by atoms with van der Waals surface area (Å²) in [7, 11) is 0. The number of nitrogens with zero attached hydrogens (tertiary/aromatic N) is 2. The molecule has 142 valence electrons. The van der Waals surface area contributed by atoms with Crippen molar-refractivity contribution in [1.29, 1.82) is 0 Å². The van der Waals surface area contributed by atoms with Crippen LogP contribution < -0.4 is 5.32 Å². The van der Waals surface area contributed by atoms with Gasteiger partial charge in [0.15, 0.2) is 0 Å². The zero-order chi connectivity index (χ0) is 18.5. The number of nitrogens with one attached hydrogen (secondary N) is 1. The van der Waals surface area contributed by atoms with E-state index in [1.807, 2.05) is 4.90 Å². The van der Waals surface area contributed by atoms with Gasteiger partial charge in [0.1, 0.15) is 5.82 Å². The summed E-state index contributed by atoms with van der Waals surface area (Å²) in [5, 5.41) is 2.75. The molecule has 1 N–H and O–H groups in total. The summed E-state index contributed by atoms with van der Waals surface area (Å²) in [6.45, 7) is 4.33. The first-order valence-electron chi connectivity index (χ1n) is 9.26. The van der Waals surface area contributed by atoms with E-state index in [1.165, 1.54) is 18.2 Å². The van der Waals surface area contributed by atoms with Crippen LogP contribution >= 0.6 is 11.6 Å². The van der Waals surface area contributed by atoms with E-state index in [1.54, 1.807) is 0 Å². The molecule has 1 aromatic carbocycles. The number of halogens is 2. The Balaban J connectivity index is 1.42. The van der Waals surface area contributed by atoms with Gasteiger partial charge in [-0.05, 0) is 49.9 Å². The van der Waals surface area contributed by atoms with E-state index >= 15 is 0 Å². The highest BCUT2D eigenvalue weighted by molar-refractivity contribution is 6.31. The van der Waals surface area contributed by atoms with Crippen LogP contribution in [0.4, 0.5) is 10.1 Å². The second kappa shape index (κ2) is 8.82. The van der Waals surface area contributed by atoms with E-state index < -0.39 is 5.82 Å². The van der Waals surface area contributed by atoms with Crippen LogP contribution in [0.3, 0.4) is 0 Å². The van der Waals surface area contributed by atoms with Gasteiger partial charge >= 0.3 is 0 Å². The Morgan fingerprint density at radius 1 is 1.31 bits per heavy atom. The minimum atomic E-state index is -0.500. The standard InChI is InChI=1S/C19H25ClFN3O2/c20-16-11-15(5-6-17(16)21)22-18(25)7-10-23-8-1-3-14(12-23)13-24-9-2-4-19(24)26/h5-6,11,14H,1-4,7-10,12-13H2,(H,22,25)/t14-/m1/s1. The number of carbonyl (C=O) groups excluding carboxylic acids is 2. The summed E-state index contributed by atoms with van der Waals surface area (Å²) >= 11 is 5.73. The predicted octanol–water partition coefficient (Wildman–Crippen LogP) is 3.14. The van der Waals surface area contributed by atoms with Crippen LogP contribution in [-0.2, 0) is 9.59 Å². The van der Waals surface area contributed by atoms with Crippen LogP contribution in [0, 0.1) is 11.7 Å². The summed E-state index contributed by atoms with van der Waals surface area (Å²) in [4.78, 5) is 28.2. The summed E-state index contributed by atoms with van der Waals surface area (Å²) < 4.78 is 13.2. The van der Waals surface area contributed by atoms with Gasteiger partial charge in [-0.2, -0.15) is 0 Å². The highest BCUT2D eigenvalue weighted by Crippen LogP contribution is 2.21. The second-order valence-corrected chi connectivity index (χ2v) is 7.59. The number of likely N-dealkylation sites (tertiary alicyclic amines) is 2. The van der Waals surface area contributed by atoms with Crippen molar-refractivity contribution in [3.63, 3.8) is 0 Å². The van der Waals surface area contributed by atoms with Crippen molar-refractivity contribution in [2.45, 2.75) is 32.1 Å². The Hall–Kier alpha value is -1.66. The number of piperidine rings is 1. The summed E-state index contributed by atoms with van der Waals surface area (Å²) in [5.74, 6) is 0.161. The number of hydrogen-bond donors (Lipinski definition) is 1. The van der Waals surface area contributed by atoms with Gasteiger partial charge in [-0.3, -0.25) is 9.59 Å². The van der Waals surface area contributed by atoms with Gasteiger partial charge in [0, 0.05) is 44.7 Å². The molecule has 0 bridgehead atoms. The molecule has 0 unspecified atom stereocenters. The highest BCUT2D eigenvalue weighted by atomic mass is 35.5. The summed E-state index contributed by atoms with van der Waals surface area (Å²) in [5.41, 5.74) is 0.505. The molecule has 2 saturated heterocycles. The second-order valence-electron chi connectivity index (χ2n) is 7.18. The largest absolute Gasteiger partial charge is 0.342 e. The molecular formula is C19H25ClFN3O2. The molecule has 0 saturated carbocycles. The van der Waals surface area contributed by atoms with Crippen LogP contribution in [0.15, 0.2) is 18.2 Å². The topological polar surface area (TPSA) is 52.7 Å². The zero-order valence-electron chi connectivity index (χ0n) is 14.8. The molecule has 0 aliphatic carbocycles. The Kier molecular flexibility index (Phi) is 6.48. The molecule has 2 fully saturated rings.